The van der Waals surface area contributed by atoms with Crippen LogP contribution in [0.4, 0.5) is 0 Å². The van der Waals surface area contributed by atoms with Crippen LogP contribution in [0.2, 0.25) is 18.1 Å². The molecule has 0 fully saturated rings. The summed E-state index contributed by atoms with van der Waals surface area (Å²) in [7, 11) is -1.36. The Labute approximate surface area is 74.2 Å². The van der Waals surface area contributed by atoms with Gasteiger partial charge >= 0.3 is 0 Å². The first-order chi connectivity index (χ1) is 5.00. The van der Waals surface area contributed by atoms with Crippen molar-refractivity contribution in [3.63, 3.8) is 0 Å². The summed E-state index contributed by atoms with van der Waals surface area (Å²) >= 11 is 5.76. The molecule has 0 spiro atoms. The Morgan fingerprint density at radius 1 is 1.18 bits per heavy atom. The van der Waals surface area contributed by atoms with E-state index in [9.17, 15) is 0 Å². The second-order valence-corrected chi connectivity index (χ2v) is 8.17. The molecule has 0 heterocycles. The highest BCUT2D eigenvalue weighted by molar-refractivity contribution is 6.91. The molecule has 0 saturated carbocycles. The highest BCUT2D eigenvalue weighted by Gasteiger charge is 2.15. The molecular weight excluding hydrogens is 172 g/mol. The third-order valence-corrected chi connectivity index (χ3v) is 3.77. The van der Waals surface area contributed by atoms with Crippen LogP contribution in [-0.2, 0) is 0 Å². The van der Waals surface area contributed by atoms with Gasteiger partial charge < -0.3 is 0 Å². The minimum Gasteiger partial charge on any atom is -0.0843 e. The first-order valence-electron chi connectivity index (χ1n) is 3.61. The van der Waals surface area contributed by atoms with E-state index in [0.717, 1.165) is 5.02 Å². The van der Waals surface area contributed by atoms with Crippen molar-refractivity contribution in [2.24, 2.45) is 0 Å². The standard InChI is InChI=1S/C9H12ClSi/c1-11(2,3)9-6-4-8(10)5-7-9/h4-7H,1H2,2-3H3. The lowest BCUT2D eigenvalue weighted by Crippen LogP contribution is -2.38. The molecule has 0 nitrogen and oxygen atoms in total. The predicted molar refractivity (Wildman–Crippen MR) is 53.9 cm³/mol. The van der Waals surface area contributed by atoms with E-state index >= 15 is 0 Å². The molecule has 0 N–H and O–H groups in total. The van der Waals surface area contributed by atoms with Crippen molar-refractivity contribution in [2.45, 2.75) is 13.1 Å². The number of hydrogen-bond donors (Lipinski definition) is 0. The van der Waals surface area contributed by atoms with Gasteiger partial charge in [-0.2, -0.15) is 0 Å². The number of rotatable bonds is 1. The average molecular weight is 184 g/mol. The van der Waals surface area contributed by atoms with Gasteiger partial charge in [-0.1, -0.05) is 48.6 Å². The third kappa shape index (κ3) is 2.35. The van der Waals surface area contributed by atoms with Crippen molar-refractivity contribution in [3.8, 4) is 0 Å². The van der Waals surface area contributed by atoms with Gasteiger partial charge in [0, 0.05) is 5.02 Å². The predicted octanol–water partition coefficient (Wildman–Crippen LogP) is 2.63. The molecule has 0 amide bonds. The third-order valence-electron chi connectivity index (χ3n) is 1.63. The van der Waals surface area contributed by atoms with Gasteiger partial charge in [-0.15, -0.1) is 0 Å². The molecule has 59 valence electrons. The molecule has 0 aliphatic heterocycles. The van der Waals surface area contributed by atoms with Crippen LogP contribution < -0.4 is 5.19 Å². The summed E-state index contributed by atoms with van der Waals surface area (Å²) in [5.74, 6) is 0. The first kappa shape index (κ1) is 8.82. The Balaban J connectivity index is 2.99. The maximum absolute atomic E-state index is 5.76. The Bertz CT molecular complexity index is 233. The normalized spacial score (nSPS) is 11.6. The van der Waals surface area contributed by atoms with Gasteiger partial charge in [-0.3, -0.25) is 0 Å². The van der Waals surface area contributed by atoms with Crippen molar-refractivity contribution in [2.75, 3.05) is 0 Å². The summed E-state index contributed by atoms with van der Waals surface area (Å²) in [4.78, 5) is 0. The quantitative estimate of drug-likeness (QED) is 0.588. The molecule has 1 radical (unpaired) electrons. The maximum Gasteiger partial charge on any atom is 0.0803 e. The minimum atomic E-state index is -1.36. The number of hydrogen-bond acceptors (Lipinski definition) is 0. The van der Waals surface area contributed by atoms with Crippen LogP contribution in [0.15, 0.2) is 24.3 Å². The highest BCUT2D eigenvalue weighted by Crippen LogP contribution is 2.07. The molecule has 0 aliphatic rings. The van der Waals surface area contributed by atoms with Crippen molar-refractivity contribution >= 4 is 24.9 Å². The Morgan fingerprint density at radius 2 is 1.64 bits per heavy atom. The van der Waals surface area contributed by atoms with Crippen LogP contribution in [0.1, 0.15) is 0 Å². The van der Waals surface area contributed by atoms with Crippen LogP contribution in [0.3, 0.4) is 0 Å². The second kappa shape index (κ2) is 3.00. The van der Waals surface area contributed by atoms with E-state index in [-0.39, 0.29) is 0 Å². The van der Waals surface area contributed by atoms with Crippen LogP contribution >= 0.6 is 11.6 Å². The molecule has 2 heteroatoms. The summed E-state index contributed by atoms with van der Waals surface area (Å²) in [6.07, 6.45) is 0. The molecule has 0 unspecified atom stereocenters. The molecule has 1 rings (SSSR count). The van der Waals surface area contributed by atoms with E-state index < -0.39 is 8.07 Å². The molecule has 0 aliphatic carbocycles. The van der Waals surface area contributed by atoms with Crippen LogP contribution in [0, 0.1) is 6.55 Å². The lowest BCUT2D eigenvalue weighted by atomic mass is 10.4. The zero-order valence-corrected chi connectivity index (χ0v) is 8.65. The fourth-order valence-corrected chi connectivity index (χ4v) is 2.10. The highest BCUT2D eigenvalue weighted by atomic mass is 35.5. The van der Waals surface area contributed by atoms with Crippen molar-refractivity contribution in [1.82, 2.24) is 0 Å². The summed E-state index contributed by atoms with van der Waals surface area (Å²) in [6.45, 7) is 8.60. The van der Waals surface area contributed by atoms with Crippen molar-refractivity contribution < 1.29 is 0 Å². The summed E-state index contributed by atoms with van der Waals surface area (Å²) in [6, 6.07) is 8.00. The van der Waals surface area contributed by atoms with Gasteiger partial charge in [0.15, 0.2) is 0 Å². The molecular formula is C9H12ClSi. The fourth-order valence-electron chi connectivity index (χ4n) is 0.901. The Kier molecular flexibility index (Phi) is 2.40. The lowest BCUT2D eigenvalue weighted by molar-refractivity contribution is 1.71. The van der Waals surface area contributed by atoms with Gasteiger partial charge in [0.25, 0.3) is 0 Å². The molecule has 1 aromatic carbocycles. The van der Waals surface area contributed by atoms with Crippen molar-refractivity contribution in [3.05, 3.63) is 35.8 Å². The van der Waals surface area contributed by atoms with Gasteiger partial charge in [0.2, 0.25) is 0 Å². The summed E-state index contributed by atoms with van der Waals surface area (Å²) in [5, 5.41) is 2.15. The Hall–Kier alpha value is -0.273. The summed E-state index contributed by atoms with van der Waals surface area (Å²) < 4.78 is 0. The SMILES string of the molecule is [CH2][Si](C)(C)c1ccc(Cl)cc1. The largest absolute Gasteiger partial charge is 0.0843 e. The van der Waals surface area contributed by atoms with E-state index in [1.807, 2.05) is 12.1 Å². The smallest absolute Gasteiger partial charge is 0.0803 e. The molecule has 0 aromatic heterocycles. The lowest BCUT2D eigenvalue weighted by Gasteiger charge is -2.15. The zero-order chi connectivity index (χ0) is 8.48. The molecule has 1 aromatic rings. The van der Waals surface area contributed by atoms with Crippen LogP contribution in [-0.4, -0.2) is 8.07 Å². The molecule has 11 heavy (non-hydrogen) atoms. The van der Waals surface area contributed by atoms with E-state index in [0.29, 0.717) is 0 Å². The van der Waals surface area contributed by atoms with E-state index in [1.165, 1.54) is 5.19 Å². The van der Waals surface area contributed by atoms with Crippen LogP contribution in [0.25, 0.3) is 0 Å². The molecule has 0 atom stereocenters. The van der Waals surface area contributed by atoms with Gasteiger partial charge in [0.05, 0.1) is 8.07 Å². The van der Waals surface area contributed by atoms with E-state index in [4.69, 9.17) is 11.6 Å². The van der Waals surface area contributed by atoms with Crippen LogP contribution in [0.5, 0.6) is 0 Å². The monoisotopic (exact) mass is 183 g/mol. The number of benzene rings is 1. The maximum atomic E-state index is 5.76. The van der Waals surface area contributed by atoms with E-state index in [1.54, 1.807) is 0 Å². The Morgan fingerprint density at radius 3 is 2.00 bits per heavy atom. The van der Waals surface area contributed by atoms with Gasteiger partial charge in [-0.05, 0) is 12.1 Å². The van der Waals surface area contributed by atoms with Gasteiger partial charge in [0.1, 0.15) is 0 Å². The minimum absolute atomic E-state index is 0.798. The average Bonchev–Trinajstić information content (AvgIpc) is 1.86. The topological polar surface area (TPSA) is 0 Å². The second-order valence-electron chi connectivity index (χ2n) is 3.39. The first-order valence-corrected chi connectivity index (χ1v) is 7.20. The molecule has 0 saturated heterocycles. The summed E-state index contributed by atoms with van der Waals surface area (Å²) in [5.41, 5.74) is 0. The van der Waals surface area contributed by atoms with Crippen molar-refractivity contribution in [1.29, 1.82) is 0 Å². The molecule has 0 bridgehead atoms. The fraction of sp³-hybridized carbons (Fsp3) is 0.222. The number of halogens is 1. The van der Waals surface area contributed by atoms with E-state index in [2.05, 4.69) is 31.8 Å². The zero-order valence-electron chi connectivity index (χ0n) is 6.89. The van der Waals surface area contributed by atoms with Gasteiger partial charge in [-0.25, -0.2) is 0 Å².